The molecule has 1 spiro atoms. The molecule has 1 saturated carbocycles. The maximum absolute atomic E-state index is 15.5. The van der Waals surface area contributed by atoms with Crippen molar-refractivity contribution in [3.05, 3.63) is 21.9 Å². The summed E-state index contributed by atoms with van der Waals surface area (Å²) in [6.45, 7) is 10.7. The predicted octanol–water partition coefficient (Wildman–Crippen LogP) is 6.25. The van der Waals surface area contributed by atoms with E-state index in [1.165, 1.54) is 12.8 Å². The number of nitrogens with zero attached hydrogens (tertiary/aromatic N) is 5. The molecule has 3 fully saturated rings. The number of hydrogen-bond acceptors (Lipinski definition) is 7. The first-order valence-corrected chi connectivity index (χ1v) is 14.6. The second kappa shape index (κ2) is 10.4. The van der Waals surface area contributed by atoms with E-state index >= 15 is 4.39 Å². The smallest absolute Gasteiger partial charge is 0.417 e. The first-order chi connectivity index (χ1) is 19.0. The minimum absolute atomic E-state index is 0.0786. The number of benzene rings is 1. The van der Waals surface area contributed by atoms with E-state index in [4.69, 9.17) is 9.47 Å². The molecule has 3 aliphatic rings. The Hall–Kier alpha value is -2.41. The van der Waals surface area contributed by atoms with Gasteiger partial charge in [0.25, 0.3) is 0 Å². The second-order valence-electron chi connectivity index (χ2n) is 12.8. The van der Waals surface area contributed by atoms with Crippen molar-refractivity contribution >= 4 is 38.7 Å². The van der Waals surface area contributed by atoms with Crippen molar-refractivity contribution in [3.8, 4) is 6.01 Å². The Morgan fingerprint density at radius 2 is 1.83 bits per heavy atom. The minimum Gasteiger partial charge on any atom is -0.462 e. The number of hydrogen-bond donors (Lipinski definition) is 0. The van der Waals surface area contributed by atoms with Gasteiger partial charge in [0.2, 0.25) is 0 Å². The number of amides is 1. The molecule has 0 unspecified atom stereocenters. The maximum Gasteiger partial charge on any atom is 0.417 e. The summed E-state index contributed by atoms with van der Waals surface area (Å²) in [4.78, 5) is 27.3. The van der Waals surface area contributed by atoms with Crippen LogP contribution in [-0.2, 0) is 10.9 Å². The molecule has 2 aromatic rings. The molecule has 13 heteroatoms. The van der Waals surface area contributed by atoms with E-state index in [1.807, 2.05) is 20.9 Å². The van der Waals surface area contributed by atoms with Crippen LogP contribution in [0.2, 0.25) is 0 Å². The summed E-state index contributed by atoms with van der Waals surface area (Å²) in [6, 6.07) is 0.181. The van der Waals surface area contributed by atoms with Crippen LogP contribution in [0.25, 0.3) is 10.9 Å². The SMILES string of the molecule is C[C@@H]1CN(c2nc(OC[C@@H]3CC4(CC4)CN3C)nc3c(F)c(Br)c(C(F)(F)F)cc23)[C@@H](C)CN1C(=O)OC(C)(C)C. The molecule has 41 heavy (non-hydrogen) atoms. The summed E-state index contributed by atoms with van der Waals surface area (Å²) in [5, 5.41) is -0.0786. The van der Waals surface area contributed by atoms with Crippen LogP contribution >= 0.6 is 15.9 Å². The van der Waals surface area contributed by atoms with Crippen molar-refractivity contribution in [1.82, 2.24) is 19.8 Å². The summed E-state index contributed by atoms with van der Waals surface area (Å²) < 4.78 is 68.0. The normalized spacial score (nSPS) is 24.8. The minimum atomic E-state index is -4.81. The molecule has 3 heterocycles. The van der Waals surface area contributed by atoms with E-state index in [0.29, 0.717) is 5.41 Å². The third-order valence-corrected chi connectivity index (χ3v) is 9.04. The van der Waals surface area contributed by atoms with Gasteiger partial charge in [0.05, 0.1) is 10.0 Å². The fourth-order valence-electron chi connectivity index (χ4n) is 5.93. The van der Waals surface area contributed by atoms with Crippen LogP contribution in [0.5, 0.6) is 6.01 Å². The molecule has 8 nitrogen and oxygen atoms in total. The van der Waals surface area contributed by atoms with E-state index in [2.05, 4.69) is 30.8 Å². The van der Waals surface area contributed by atoms with Gasteiger partial charge in [0, 0.05) is 43.1 Å². The van der Waals surface area contributed by atoms with Crippen LogP contribution in [0.3, 0.4) is 0 Å². The summed E-state index contributed by atoms with van der Waals surface area (Å²) in [5.41, 5.74) is -1.76. The van der Waals surface area contributed by atoms with Gasteiger partial charge in [0.15, 0.2) is 5.82 Å². The van der Waals surface area contributed by atoms with Gasteiger partial charge >= 0.3 is 18.3 Å². The van der Waals surface area contributed by atoms with Gasteiger partial charge in [-0.25, -0.2) is 9.18 Å². The van der Waals surface area contributed by atoms with Crippen LogP contribution in [0, 0.1) is 11.2 Å². The number of carbonyl (C=O) groups is 1. The standard InChI is InChI=1S/C28H36BrF4N5O3/c1-15-12-38(25(39)41-26(3,4)5)16(2)11-37(15)23-18-9-19(28(31,32)33)20(29)21(30)22(18)34-24(35-23)40-13-17-10-27(7-8-27)14-36(17)6/h9,15-17H,7-8,10-14H2,1-6H3/t15-,16+,17-/m0/s1. The zero-order chi connectivity index (χ0) is 30.1. The number of ether oxygens (including phenoxy) is 2. The number of halogens is 5. The van der Waals surface area contributed by atoms with Crippen molar-refractivity contribution in [3.63, 3.8) is 0 Å². The lowest BCUT2D eigenvalue weighted by atomic mass is 10.0. The number of rotatable bonds is 4. The number of carbonyl (C=O) groups excluding carboxylic acids is 1. The van der Waals surface area contributed by atoms with E-state index in [0.717, 1.165) is 19.0 Å². The Morgan fingerprint density at radius 3 is 2.41 bits per heavy atom. The number of likely N-dealkylation sites (N-methyl/N-ethyl adjacent to an activating group) is 1. The van der Waals surface area contributed by atoms with E-state index in [-0.39, 0.29) is 60.6 Å². The van der Waals surface area contributed by atoms with Crippen LogP contribution < -0.4 is 9.64 Å². The van der Waals surface area contributed by atoms with Gasteiger partial charge in [-0.15, -0.1) is 0 Å². The second-order valence-corrected chi connectivity index (χ2v) is 13.6. The highest BCUT2D eigenvalue weighted by atomic mass is 79.9. The monoisotopic (exact) mass is 645 g/mol. The van der Waals surface area contributed by atoms with E-state index in [1.54, 1.807) is 30.6 Å². The Bertz CT molecular complexity index is 1350. The lowest BCUT2D eigenvalue weighted by Crippen LogP contribution is -2.59. The topological polar surface area (TPSA) is 71.0 Å². The van der Waals surface area contributed by atoms with Crippen LogP contribution in [0.4, 0.5) is 28.2 Å². The summed E-state index contributed by atoms with van der Waals surface area (Å²) >= 11 is 2.80. The first kappa shape index (κ1) is 30.1. The molecule has 0 N–H and O–H groups in total. The molecule has 2 saturated heterocycles. The van der Waals surface area contributed by atoms with Crippen molar-refractivity contribution in [2.45, 2.75) is 83.8 Å². The van der Waals surface area contributed by atoms with Crippen molar-refractivity contribution in [1.29, 1.82) is 0 Å². The molecule has 1 aromatic carbocycles. The molecular weight excluding hydrogens is 610 g/mol. The lowest BCUT2D eigenvalue weighted by Gasteiger charge is -2.45. The molecule has 0 radical (unpaired) electrons. The average molecular weight is 647 g/mol. The fraction of sp³-hybridized carbons (Fsp3) is 0.679. The van der Waals surface area contributed by atoms with Gasteiger partial charge in [-0.2, -0.15) is 23.1 Å². The zero-order valence-corrected chi connectivity index (χ0v) is 25.7. The fourth-order valence-corrected chi connectivity index (χ4v) is 6.46. The Labute approximate surface area is 245 Å². The van der Waals surface area contributed by atoms with Crippen molar-refractivity contribution < 1.29 is 31.8 Å². The van der Waals surface area contributed by atoms with Crippen LogP contribution in [0.1, 0.15) is 59.4 Å². The molecule has 3 atom stereocenters. The Morgan fingerprint density at radius 1 is 1.15 bits per heavy atom. The Kier molecular flexibility index (Phi) is 7.62. The average Bonchev–Trinajstić information content (AvgIpc) is 3.53. The lowest BCUT2D eigenvalue weighted by molar-refractivity contribution is -0.138. The highest BCUT2D eigenvalue weighted by Crippen LogP contribution is 2.54. The number of alkyl halides is 3. The van der Waals surface area contributed by atoms with Gasteiger partial charge in [0.1, 0.15) is 23.5 Å². The van der Waals surface area contributed by atoms with Gasteiger partial charge in [-0.3, -0.25) is 4.90 Å². The molecule has 2 aliphatic heterocycles. The molecule has 1 amide bonds. The highest BCUT2D eigenvalue weighted by Gasteiger charge is 2.51. The molecule has 1 aliphatic carbocycles. The highest BCUT2D eigenvalue weighted by molar-refractivity contribution is 9.10. The third-order valence-electron chi connectivity index (χ3n) is 8.26. The van der Waals surface area contributed by atoms with Gasteiger partial charge in [-0.1, -0.05) is 0 Å². The first-order valence-electron chi connectivity index (χ1n) is 13.8. The molecule has 226 valence electrons. The van der Waals surface area contributed by atoms with E-state index in [9.17, 15) is 18.0 Å². The summed E-state index contributed by atoms with van der Waals surface area (Å²) in [5.74, 6) is -1.00. The quantitative estimate of drug-likeness (QED) is 0.364. The van der Waals surface area contributed by atoms with Gasteiger partial charge in [-0.05, 0) is 88.3 Å². The summed E-state index contributed by atoms with van der Waals surface area (Å²) in [7, 11) is 2.04. The number of likely N-dealkylation sites (tertiary alicyclic amines) is 1. The van der Waals surface area contributed by atoms with Gasteiger partial charge < -0.3 is 19.3 Å². The largest absolute Gasteiger partial charge is 0.462 e. The third kappa shape index (κ3) is 6.07. The van der Waals surface area contributed by atoms with Crippen molar-refractivity contribution in [2.75, 3.05) is 38.2 Å². The zero-order valence-electron chi connectivity index (χ0n) is 24.1. The maximum atomic E-state index is 15.5. The number of aromatic nitrogens is 2. The summed E-state index contributed by atoms with van der Waals surface area (Å²) in [6.07, 6.45) is -1.91. The molecule has 1 aromatic heterocycles. The number of fused-ring (bicyclic) bond motifs is 1. The van der Waals surface area contributed by atoms with Crippen LogP contribution in [-0.4, -0.2) is 82.9 Å². The Balaban J connectivity index is 1.51. The van der Waals surface area contributed by atoms with E-state index < -0.39 is 33.7 Å². The molecular formula is C28H36BrF4N5O3. The number of piperazine rings is 1. The van der Waals surface area contributed by atoms with Crippen LogP contribution in [0.15, 0.2) is 10.5 Å². The number of anilines is 1. The predicted molar refractivity (Wildman–Crippen MR) is 150 cm³/mol. The van der Waals surface area contributed by atoms with Crippen molar-refractivity contribution in [2.24, 2.45) is 5.41 Å². The molecule has 0 bridgehead atoms. The molecule has 5 rings (SSSR count).